The van der Waals surface area contributed by atoms with Crippen LogP contribution < -0.4 is 5.32 Å². The van der Waals surface area contributed by atoms with Crippen LogP contribution in [-0.4, -0.2) is 28.6 Å². The summed E-state index contributed by atoms with van der Waals surface area (Å²) in [6.45, 7) is 2.45. The van der Waals surface area contributed by atoms with Crippen molar-refractivity contribution in [2.75, 3.05) is 6.54 Å². The molecule has 5 nitrogen and oxygen atoms in total. The number of nitrogens with one attached hydrogen (secondary N) is 1. The molecule has 1 rings (SSSR count). The number of amides is 1. The lowest BCUT2D eigenvalue weighted by atomic mass is 9.96. The van der Waals surface area contributed by atoms with Gasteiger partial charge in [-0.2, -0.15) is 0 Å². The first-order valence-corrected chi connectivity index (χ1v) is 7.30. The second-order valence-corrected chi connectivity index (χ2v) is 5.32. The van der Waals surface area contributed by atoms with Crippen molar-refractivity contribution in [1.82, 2.24) is 5.32 Å². The van der Waals surface area contributed by atoms with Crippen molar-refractivity contribution in [2.24, 2.45) is 5.92 Å². The minimum absolute atomic E-state index is 0.0163. The molecule has 0 aliphatic heterocycles. The molecule has 0 aliphatic rings. The van der Waals surface area contributed by atoms with Crippen LogP contribution in [0.3, 0.4) is 0 Å². The number of carbonyl (C=O) groups is 2. The van der Waals surface area contributed by atoms with Crippen LogP contribution in [0.15, 0.2) is 18.2 Å². The Bertz CT molecular complexity index is 504. The molecule has 116 valence electrons. The molecule has 0 saturated heterocycles. The Balaban J connectivity index is 2.45. The van der Waals surface area contributed by atoms with Crippen LogP contribution >= 0.6 is 11.6 Å². The largest absolute Gasteiger partial charge is 0.508 e. The van der Waals surface area contributed by atoms with E-state index >= 15 is 0 Å². The summed E-state index contributed by atoms with van der Waals surface area (Å²) in [6.07, 6.45) is 2.33. The molecule has 1 aromatic rings. The third-order valence-corrected chi connectivity index (χ3v) is 3.71. The average molecular weight is 314 g/mol. The lowest BCUT2D eigenvalue weighted by Crippen LogP contribution is -2.26. The normalized spacial score (nSPS) is 11.9. The fraction of sp³-hybridized carbons (Fsp3) is 0.467. The molecular weight excluding hydrogens is 294 g/mol. The molecule has 21 heavy (non-hydrogen) atoms. The van der Waals surface area contributed by atoms with E-state index in [1.54, 1.807) is 0 Å². The first-order valence-electron chi connectivity index (χ1n) is 6.92. The van der Waals surface area contributed by atoms with E-state index in [9.17, 15) is 14.7 Å². The highest BCUT2D eigenvalue weighted by atomic mass is 35.5. The summed E-state index contributed by atoms with van der Waals surface area (Å²) < 4.78 is 0. The molecule has 1 amide bonds. The Morgan fingerprint density at radius 1 is 1.33 bits per heavy atom. The van der Waals surface area contributed by atoms with Gasteiger partial charge in [-0.1, -0.05) is 24.9 Å². The van der Waals surface area contributed by atoms with Crippen molar-refractivity contribution < 1.29 is 19.8 Å². The molecule has 0 radical (unpaired) electrons. The molecule has 0 bridgehead atoms. The van der Waals surface area contributed by atoms with Crippen molar-refractivity contribution in [3.63, 3.8) is 0 Å². The minimum Gasteiger partial charge on any atom is -0.508 e. The van der Waals surface area contributed by atoms with E-state index in [0.29, 0.717) is 19.4 Å². The van der Waals surface area contributed by atoms with E-state index in [2.05, 4.69) is 5.32 Å². The number of carboxylic acids is 1. The smallest absolute Gasteiger partial charge is 0.303 e. The number of carboxylic acid groups (broad SMARTS) is 1. The van der Waals surface area contributed by atoms with Gasteiger partial charge < -0.3 is 15.5 Å². The quantitative estimate of drug-likeness (QED) is 0.688. The van der Waals surface area contributed by atoms with E-state index in [-0.39, 0.29) is 34.6 Å². The summed E-state index contributed by atoms with van der Waals surface area (Å²) in [4.78, 5) is 22.5. The molecule has 0 saturated carbocycles. The van der Waals surface area contributed by atoms with E-state index in [4.69, 9.17) is 16.7 Å². The van der Waals surface area contributed by atoms with Crippen molar-refractivity contribution in [3.05, 3.63) is 28.8 Å². The van der Waals surface area contributed by atoms with Crippen molar-refractivity contribution >= 4 is 23.5 Å². The standard InChI is InChI=1S/C15H20ClNO4/c1-2-10(3-6-14(19)20)7-8-17-15(21)12-9-11(18)4-5-13(12)16/h4-5,9-10,18H,2-3,6-8H2,1H3,(H,17,21)(H,19,20). The second kappa shape index (κ2) is 8.52. The zero-order valence-corrected chi connectivity index (χ0v) is 12.7. The summed E-state index contributed by atoms with van der Waals surface area (Å²) in [5.41, 5.74) is 0.232. The zero-order valence-electron chi connectivity index (χ0n) is 11.9. The van der Waals surface area contributed by atoms with Crippen LogP contribution in [0.5, 0.6) is 5.75 Å². The van der Waals surface area contributed by atoms with Crippen molar-refractivity contribution in [3.8, 4) is 5.75 Å². The molecule has 1 unspecified atom stereocenters. The number of rotatable bonds is 8. The number of phenolic OH excluding ortho intramolecular Hbond substituents is 1. The van der Waals surface area contributed by atoms with Crippen molar-refractivity contribution in [2.45, 2.75) is 32.6 Å². The molecule has 0 aliphatic carbocycles. The van der Waals surface area contributed by atoms with E-state index in [0.717, 1.165) is 6.42 Å². The Morgan fingerprint density at radius 2 is 2.05 bits per heavy atom. The summed E-state index contributed by atoms with van der Waals surface area (Å²) in [6, 6.07) is 4.20. The molecular formula is C15H20ClNO4. The third kappa shape index (κ3) is 6.04. The maximum absolute atomic E-state index is 12.0. The highest BCUT2D eigenvalue weighted by Gasteiger charge is 2.13. The summed E-state index contributed by atoms with van der Waals surface area (Å²) in [5.74, 6) is -0.897. The molecule has 1 atom stereocenters. The lowest BCUT2D eigenvalue weighted by molar-refractivity contribution is -0.137. The number of carbonyl (C=O) groups excluding carboxylic acids is 1. The van der Waals surface area contributed by atoms with Crippen molar-refractivity contribution in [1.29, 1.82) is 0 Å². The van der Waals surface area contributed by atoms with Gasteiger partial charge in [-0.05, 0) is 37.0 Å². The summed E-state index contributed by atoms with van der Waals surface area (Å²) >= 11 is 5.91. The Hall–Kier alpha value is -1.75. The first kappa shape index (κ1) is 17.3. The number of aromatic hydroxyl groups is 1. The van der Waals surface area contributed by atoms with Crippen LogP contribution in [0, 0.1) is 5.92 Å². The summed E-state index contributed by atoms with van der Waals surface area (Å²) in [5, 5.41) is 21.1. The van der Waals surface area contributed by atoms with Gasteiger partial charge >= 0.3 is 5.97 Å². The molecule has 0 fully saturated rings. The first-order chi connectivity index (χ1) is 9.93. The van der Waals surface area contributed by atoms with E-state index in [1.165, 1.54) is 18.2 Å². The SMILES string of the molecule is CCC(CCNC(=O)c1cc(O)ccc1Cl)CCC(=O)O. The highest BCUT2D eigenvalue weighted by Crippen LogP contribution is 2.21. The number of phenols is 1. The Labute approximate surface area is 128 Å². The van der Waals surface area contributed by atoms with Gasteiger partial charge in [-0.25, -0.2) is 0 Å². The van der Waals surface area contributed by atoms with Gasteiger partial charge in [0, 0.05) is 13.0 Å². The van der Waals surface area contributed by atoms with Crippen LogP contribution in [0.25, 0.3) is 0 Å². The summed E-state index contributed by atoms with van der Waals surface area (Å²) in [7, 11) is 0. The Kier molecular flexibility index (Phi) is 7.02. The van der Waals surface area contributed by atoms with Gasteiger partial charge in [0.1, 0.15) is 5.75 Å². The molecule has 3 N–H and O–H groups in total. The third-order valence-electron chi connectivity index (χ3n) is 3.38. The van der Waals surface area contributed by atoms with E-state index in [1.807, 2.05) is 6.92 Å². The van der Waals surface area contributed by atoms with Crippen LogP contribution in [0.1, 0.15) is 43.0 Å². The predicted octanol–water partition coefficient (Wildman–Crippen LogP) is 3.06. The Morgan fingerprint density at radius 3 is 2.67 bits per heavy atom. The fourth-order valence-electron chi connectivity index (χ4n) is 2.05. The van der Waals surface area contributed by atoms with Crippen LogP contribution in [0.2, 0.25) is 5.02 Å². The molecule has 0 aromatic heterocycles. The van der Waals surface area contributed by atoms with Gasteiger partial charge in [0.25, 0.3) is 5.91 Å². The van der Waals surface area contributed by atoms with Gasteiger partial charge in [0.2, 0.25) is 0 Å². The number of benzene rings is 1. The number of hydrogen-bond donors (Lipinski definition) is 3. The monoisotopic (exact) mass is 313 g/mol. The topological polar surface area (TPSA) is 86.6 Å². The lowest BCUT2D eigenvalue weighted by Gasteiger charge is -2.14. The predicted molar refractivity (Wildman–Crippen MR) is 80.7 cm³/mol. The minimum atomic E-state index is -0.802. The number of hydrogen-bond acceptors (Lipinski definition) is 3. The van der Waals surface area contributed by atoms with Gasteiger partial charge in [0.15, 0.2) is 0 Å². The van der Waals surface area contributed by atoms with Crippen LogP contribution in [0.4, 0.5) is 0 Å². The van der Waals surface area contributed by atoms with Gasteiger partial charge in [-0.3, -0.25) is 9.59 Å². The molecule has 1 aromatic carbocycles. The van der Waals surface area contributed by atoms with Gasteiger partial charge in [0.05, 0.1) is 10.6 Å². The van der Waals surface area contributed by atoms with E-state index < -0.39 is 5.97 Å². The maximum Gasteiger partial charge on any atom is 0.303 e. The second-order valence-electron chi connectivity index (χ2n) is 4.92. The molecule has 6 heteroatoms. The van der Waals surface area contributed by atoms with Crippen LogP contribution in [-0.2, 0) is 4.79 Å². The number of aliphatic carboxylic acids is 1. The molecule has 0 spiro atoms. The fourth-order valence-corrected chi connectivity index (χ4v) is 2.26. The molecule has 0 heterocycles. The number of halogens is 1. The maximum atomic E-state index is 12.0. The van der Waals surface area contributed by atoms with Gasteiger partial charge in [-0.15, -0.1) is 0 Å². The average Bonchev–Trinajstić information content (AvgIpc) is 2.44. The zero-order chi connectivity index (χ0) is 15.8. The highest BCUT2D eigenvalue weighted by molar-refractivity contribution is 6.33.